The Balaban J connectivity index is 0.00000300. The average molecular weight is 437 g/mol. The molecule has 1 aliphatic rings. The second-order valence-corrected chi connectivity index (χ2v) is 7.76. The number of carbonyl (C=O) groups excluding carboxylic acids is 1. The summed E-state index contributed by atoms with van der Waals surface area (Å²) in [6, 6.07) is 15.1. The Morgan fingerprint density at radius 1 is 1.07 bits per heavy atom. The molecule has 0 spiro atoms. The Morgan fingerprint density at radius 3 is 2.48 bits per heavy atom. The van der Waals surface area contributed by atoms with Crippen LogP contribution < -0.4 is 15.0 Å². The summed E-state index contributed by atoms with van der Waals surface area (Å²) in [7, 11) is 0. The zero-order valence-electron chi connectivity index (χ0n) is 17.1. The van der Waals surface area contributed by atoms with E-state index >= 15 is 0 Å². The van der Waals surface area contributed by atoms with Gasteiger partial charge in [0.15, 0.2) is 6.10 Å². The summed E-state index contributed by atoms with van der Waals surface area (Å²) in [5.74, 6) is 0.669. The Kier molecular flexibility index (Phi) is 9.28. The number of unbranched alkanes of at least 4 members (excludes halogenated alkanes) is 3. The first-order valence-corrected chi connectivity index (χ1v) is 10.5. The van der Waals surface area contributed by atoms with Gasteiger partial charge in [0.05, 0.1) is 6.04 Å². The molecule has 158 valence electrons. The van der Waals surface area contributed by atoms with E-state index < -0.39 is 6.10 Å². The summed E-state index contributed by atoms with van der Waals surface area (Å²) in [6.07, 6.45) is 4.40. The molecule has 4 nitrogen and oxygen atoms in total. The number of hydrogen-bond acceptors (Lipinski definition) is 3. The van der Waals surface area contributed by atoms with Gasteiger partial charge in [-0.15, -0.1) is 12.4 Å². The van der Waals surface area contributed by atoms with Gasteiger partial charge in [0.1, 0.15) is 5.75 Å². The molecule has 0 aliphatic carbocycles. The molecule has 2 atom stereocenters. The minimum absolute atomic E-state index is 0. The molecule has 0 bridgehead atoms. The molecule has 2 aromatic carbocycles. The molecule has 1 aliphatic heterocycles. The molecule has 3 rings (SSSR count). The standard InChI is InChI=1S/C23H29ClN2O2.ClH/c1-3-4-5-8-15-25-16-21-22(28-19-13-11-18(24)12-14-19)23(27)26(21)20-10-7-6-9-17(20)2;/h6-7,9-14,21-22,25H,3-5,8,15-16H2,1-2H3;1H. The number of amides is 1. The van der Waals surface area contributed by atoms with Gasteiger partial charge in [-0.1, -0.05) is 56.0 Å². The van der Waals surface area contributed by atoms with Crippen molar-refractivity contribution < 1.29 is 9.53 Å². The molecule has 0 saturated carbocycles. The minimum Gasteiger partial charge on any atom is -0.478 e. The van der Waals surface area contributed by atoms with Crippen LogP contribution in [0.4, 0.5) is 5.69 Å². The van der Waals surface area contributed by atoms with Crippen LogP contribution >= 0.6 is 24.0 Å². The Labute approximate surface area is 185 Å². The van der Waals surface area contributed by atoms with Gasteiger partial charge in [-0.05, 0) is 55.8 Å². The fourth-order valence-electron chi connectivity index (χ4n) is 3.56. The van der Waals surface area contributed by atoms with Crippen LogP contribution in [0.2, 0.25) is 5.02 Å². The highest BCUT2D eigenvalue weighted by Gasteiger charge is 2.50. The number of β-lactam (4-membered cyclic amide) rings is 1. The summed E-state index contributed by atoms with van der Waals surface area (Å²) in [6.45, 7) is 5.92. The maximum atomic E-state index is 12.9. The first kappa shape index (κ1) is 23.5. The summed E-state index contributed by atoms with van der Waals surface area (Å²) in [4.78, 5) is 14.8. The van der Waals surface area contributed by atoms with Crippen molar-refractivity contribution in [3.63, 3.8) is 0 Å². The van der Waals surface area contributed by atoms with E-state index in [0.717, 1.165) is 24.2 Å². The van der Waals surface area contributed by atoms with Crippen molar-refractivity contribution in [3.05, 3.63) is 59.1 Å². The zero-order chi connectivity index (χ0) is 19.9. The quantitative estimate of drug-likeness (QED) is 0.400. The number of benzene rings is 2. The third-order valence-corrected chi connectivity index (χ3v) is 5.43. The number of halogens is 2. The molecule has 0 aromatic heterocycles. The number of anilines is 1. The Hall–Kier alpha value is -1.75. The number of rotatable bonds is 10. The molecule has 6 heteroatoms. The number of nitrogens with one attached hydrogen (secondary N) is 1. The zero-order valence-corrected chi connectivity index (χ0v) is 18.6. The van der Waals surface area contributed by atoms with Crippen molar-refractivity contribution in [3.8, 4) is 5.75 Å². The topological polar surface area (TPSA) is 41.6 Å². The van der Waals surface area contributed by atoms with E-state index in [9.17, 15) is 4.79 Å². The monoisotopic (exact) mass is 436 g/mol. The summed E-state index contributed by atoms with van der Waals surface area (Å²) in [5.41, 5.74) is 2.05. The normalized spacial score (nSPS) is 18.2. The number of ether oxygens (including phenoxy) is 1. The fourth-order valence-corrected chi connectivity index (χ4v) is 3.69. The summed E-state index contributed by atoms with van der Waals surface area (Å²) >= 11 is 5.95. The third-order valence-electron chi connectivity index (χ3n) is 5.17. The molecule has 1 saturated heterocycles. The lowest BCUT2D eigenvalue weighted by atomic mass is 9.95. The van der Waals surface area contributed by atoms with Crippen LogP contribution in [-0.4, -0.2) is 31.1 Å². The highest BCUT2D eigenvalue weighted by molar-refractivity contribution is 6.30. The lowest BCUT2D eigenvalue weighted by Gasteiger charge is -2.47. The molecule has 1 N–H and O–H groups in total. The molecule has 29 heavy (non-hydrogen) atoms. The van der Waals surface area contributed by atoms with Crippen LogP contribution in [0.15, 0.2) is 48.5 Å². The SMILES string of the molecule is CCCCCCNCC1C(Oc2ccc(Cl)cc2)C(=O)N1c1ccccc1C.Cl. The van der Waals surface area contributed by atoms with Gasteiger partial charge in [-0.2, -0.15) is 0 Å². The predicted molar refractivity (Wildman–Crippen MR) is 123 cm³/mol. The Bertz CT molecular complexity index is 783. The van der Waals surface area contributed by atoms with Crippen molar-refractivity contribution >= 4 is 35.6 Å². The van der Waals surface area contributed by atoms with E-state index in [1.54, 1.807) is 24.3 Å². The smallest absolute Gasteiger partial charge is 0.270 e. The lowest BCUT2D eigenvalue weighted by Crippen LogP contribution is -2.70. The highest BCUT2D eigenvalue weighted by atomic mass is 35.5. The van der Waals surface area contributed by atoms with E-state index in [0.29, 0.717) is 17.3 Å². The average Bonchev–Trinajstić information content (AvgIpc) is 2.70. The molecular weight excluding hydrogens is 407 g/mol. The van der Waals surface area contributed by atoms with Crippen molar-refractivity contribution in [2.24, 2.45) is 0 Å². The van der Waals surface area contributed by atoms with Crippen LogP contribution in [0.1, 0.15) is 38.2 Å². The van der Waals surface area contributed by atoms with E-state index in [2.05, 4.69) is 12.2 Å². The van der Waals surface area contributed by atoms with E-state index in [4.69, 9.17) is 16.3 Å². The van der Waals surface area contributed by atoms with Gasteiger partial charge in [0.2, 0.25) is 0 Å². The highest BCUT2D eigenvalue weighted by Crippen LogP contribution is 2.33. The van der Waals surface area contributed by atoms with E-state index in [1.807, 2.05) is 36.1 Å². The fraction of sp³-hybridized carbons (Fsp3) is 0.435. The van der Waals surface area contributed by atoms with Crippen LogP contribution in [0.5, 0.6) is 5.75 Å². The number of aryl methyl sites for hydroxylation is 1. The Morgan fingerprint density at radius 2 is 1.79 bits per heavy atom. The van der Waals surface area contributed by atoms with Crippen molar-refractivity contribution in [2.45, 2.75) is 51.7 Å². The number of carbonyl (C=O) groups is 1. The second kappa shape index (κ2) is 11.4. The maximum absolute atomic E-state index is 12.9. The van der Waals surface area contributed by atoms with E-state index in [1.165, 1.54) is 19.3 Å². The van der Waals surface area contributed by atoms with Crippen LogP contribution in [0.25, 0.3) is 0 Å². The van der Waals surface area contributed by atoms with Crippen molar-refractivity contribution in [2.75, 3.05) is 18.0 Å². The molecule has 1 fully saturated rings. The molecule has 1 heterocycles. The van der Waals surface area contributed by atoms with Crippen LogP contribution in [0, 0.1) is 6.92 Å². The van der Waals surface area contributed by atoms with Gasteiger partial charge in [-0.25, -0.2) is 0 Å². The lowest BCUT2D eigenvalue weighted by molar-refractivity contribution is -0.134. The second-order valence-electron chi connectivity index (χ2n) is 7.32. The number of hydrogen-bond donors (Lipinski definition) is 1. The van der Waals surface area contributed by atoms with Crippen molar-refractivity contribution in [1.29, 1.82) is 0 Å². The number of nitrogens with zero attached hydrogens (tertiary/aromatic N) is 1. The van der Waals surface area contributed by atoms with Gasteiger partial charge in [0.25, 0.3) is 5.91 Å². The van der Waals surface area contributed by atoms with Gasteiger partial charge in [0, 0.05) is 17.3 Å². The largest absolute Gasteiger partial charge is 0.478 e. The third kappa shape index (κ3) is 5.88. The summed E-state index contributed by atoms with van der Waals surface area (Å²) < 4.78 is 6.03. The minimum atomic E-state index is -0.482. The van der Waals surface area contributed by atoms with E-state index in [-0.39, 0.29) is 24.4 Å². The van der Waals surface area contributed by atoms with Crippen molar-refractivity contribution in [1.82, 2.24) is 5.32 Å². The predicted octanol–water partition coefficient (Wildman–Crippen LogP) is 5.40. The van der Waals surface area contributed by atoms with Crippen LogP contribution in [0.3, 0.4) is 0 Å². The maximum Gasteiger partial charge on any atom is 0.270 e. The summed E-state index contributed by atoms with van der Waals surface area (Å²) in [5, 5.41) is 4.17. The first-order valence-electron chi connectivity index (χ1n) is 10.1. The van der Waals surface area contributed by atoms with Crippen LogP contribution in [-0.2, 0) is 4.79 Å². The molecule has 1 amide bonds. The number of para-hydroxylation sites is 1. The molecular formula is C23H30Cl2N2O2. The molecule has 0 radical (unpaired) electrons. The first-order chi connectivity index (χ1) is 13.6. The van der Waals surface area contributed by atoms with Gasteiger partial charge in [-0.3, -0.25) is 4.79 Å². The van der Waals surface area contributed by atoms with Gasteiger partial charge >= 0.3 is 0 Å². The molecule has 2 aromatic rings. The molecule has 2 unspecified atom stereocenters. The van der Waals surface area contributed by atoms with Gasteiger partial charge < -0.3 is 15.0 Å².